The number of aryl methyl sites for hydroxylation is 1. The summed E-state index contributed by atoms with van der Waals surface area (Å²) in [5.41, 5.74) is 0.170. The number of furan rings is 1. The highest BCUT2D eigenvalue weighted by Gasteiger charge is 2.35. The van der Waals surface area contributed by atoms with Gasteiger partial charge in [0.05, 0.1) is 12.3 Å². The van der Waals surface area contributed by atoms with Gasteiger partial charge in [-0.2, -0.15) is 0 Å². The lowest BCUT2D eigenvalue weighted by molar-refractivity contribution is -0.128. The molecule has 1 aliphatic rings. The molecule has 0 saturated carbocycles. The summed E-state index contributed by atoms with van der Waals surface area (Å²) in [5.74, 6) is 0.686. The van der Waals surface area contributed by atoms with Gasteiger partial charge in [-0.1, -0.05) is 6.92 Å². The maximum atomic E-state index is 13.8. The minimum absolute atomic E-state index is 0.0300. The van der Waals surface area contributed by atoms with Crippen LogP contribution in [0.1, 0.15) is 29.4 Å². The Morgan fingerprint density at radius 2 is 2.14 bits per heavy atom. The lowest BCUT2D eigenvalue weighted by atomic mass is 10.2. The number of nitrogens with zero attached hydrogens (tertiary/aromatic N) is 1. The number of benzene rings is 1. The van der Waals surface area contributed by atoms with Crippen LogP contribution < -0.4 is 0 Å². The Morgan fingerprint density at radius 1 is 1.32 bits per heavy atom. The molecule has 0 N–H and O–H groups in total. The highest BCUT2D eigenvalue weighted by atomic mass is 32.2. The smallest absolute Gasteiger partial charge is 0.234 e. The van der Waals surface area contributed by atoms with Gasteiger partial charge >= 0.3 is 0 Å². The number of carbonyl (C=O) groups excluding carboxylic acids is 1. The number of hydrogen-bond acceptors (Lipinski definition) is 3. The van der Waals surface area contributed by atoms with Crippen LogP contribution in [0.2, 0.25) is 0 Å². The first-order chi connectivity index (χ1) is 10.6. The molecule has 1 amide bonds. The summed E-state index contributed by atoms with van der Waals surface area (Å²) < 4.78 is 32.8. The van der Waals surface area contributed by atoms with Gasteiger partial charge in [0.25, 0.3) is 0 Å². The van der Waals surface area contributed by atoms with Crippen LogP contribution in [-0.4, -0.2) is 16.6 Å². The first-order valence-electron chi connectivity index (χ1n) is 7.02. The van der Waals surface area contributed by atoms with Crippen LogP contribution in [-0.2, 0) is 17.8 Å². The summed E-state index contributed by atoms with van der Waals surface area (Å²) in [7, 11) is 0. The van der Waals surface area contributed by atoms with Crippen LogP contribution in [0.4, 0.5) is 8.78 Å². The minimum Gasteiger partial charge on any atom is -0.463 e. The molecule has 0 aliphatic carbocycles. The SMILES string of the molecule is CCc1ccc(C2SCC(=O)N2Cc2cc(F)ccc2F)o1. The fourth-order valence-corrected chi connectivity index (χ4v) is 3.56. The summed E-state index contributed by atoms with van der Waals surface area (Å²) in [6, 6.07) is 6.98. The van der Waals surface area contributed by atoms with E-state index in [-0.39, 0.29) is 23.4 Å². The molecule has 0 spiro atoms. The van der Waals surface area contributed by atoms with Crippen molar-refractivity contribution in [3.05, 3.63) is 59.1 Å². The van der Waals surface area contributed by atoms with E-state index in [2.05, 4.69) is 0 Å². The van der Waals surface area contributed by atoms with Crippen molar-refractivity contribution in [3.63, 3.8) is 0 Å². The maximum Gasteiger partial charge on any atom is 0.234 e. The van der Waals surface area contributed by atoms with Gasteiger partial charge in [-0.3, -0.25) is 4.79 Å². The molecular weight excluding hydrogens is 308 g/mol. The summed E-state index contributed by atoms with van der Waals surface area (Å²) in [4.78, 5) is 13.6. The molecule has 1 saturated heterocycles. The van der Waals surface area contributed by atoms with Gasteiger partial charge < -0.3 is 9.32 Å². The number of amides is 1. The Morgan fingerprint density at radius 3 is 2.86 bits per heavy atom. The van der Waals surface area contributed by atoms with E-state index in [0.717, 1.165) is 30.4 Å². The fraction of sp³-hybridized carbons (Fsp3) is 0.312. The van der Waals surface area contributed by atoms with Crippen molar-refractivity contribution in [2.24, 2.45) is 0 Å². The minimum atomic E-state index is -0.515. The van der Waals surface area contributed by atoms with Crippen LogP contribution >= 0.6 is 11.8 Å². The summed E-state index contributed by atoms with van der Waals surface area (Å²) in [6.07, 6.45) is 0.768. The first-order valence-corrected chi connectivity index (χ1v) is 8.07. The van der Waals surface area contributed by atoms with Crippen molar-refractivity contribution in [2.75, 3.05) is 5.75 Å². The predicted molar refractivity (Wildman–Crippen MR) is 80.2 cm³/mol. The van der Waals surface area contributed by atoms with E-state index in [0.29, 0.717) is 11.5 Å². The number of thioether (sulfide) groups is 1. The van der Waals surface area contributed by atoms with E-state index < -0.39 is 11.6 Å². The highest BCUT2D eigenvalue weighted by Crippen LogP contribution is 2.40. The van der Waals surface area contributed by atoms with E-state index in [4.69, 9.17) is 4.42 Å². The van der Waals surface area contributed by atoms with E-state index in [1.54, 1.807) is 0 Å². The molecule has 2 aromatic rings. The van der Waals surface area contributed by atoms with Crippen LogP contribution in [0.5, 0.6) is 0 Å². The standard InChI is InChI=1S/C16H15F2NO2S/c1-2-12-4-6-14(21-12)16-19(15(20)9-22-16)8-10-7-11(17)3-5-13(10)18/h3-7,16H,2,8-9H2,1H3. The van der Waals surface area contributed by atoms with Gasteiger partial charge in [0.1, 0.15) is 28.5 Å². The molecule has 1 aromatic heterocycles. The van der Waals surface area contributed by atoms with Crippen molar-refractivity contribution in [2.45, 2.75) is 25.3 Å². The fourth-order valence-electron chi connectivity index (χ4n) is 2.43. The van der Waals surface area contributed by atoms with E-state index in [9.17, 15) is 13.6 Å². The number of rotatable bonds is 4. The van der Waals surface area contributed by atoms with Gasteiger partial charge in [0, 0.05) is 12.0 Å². The third-order valence-corrected chi connectivity index (χ3v) is 4.81. The molecule has 0 bridgehead atoms. The van der Waals surface area contributed by atoms with Crippen molar-refractivity contribution in [1.82, 2.24) is 4.90 Å². The average Bonchev–Trinajstić information content (AvgIpc) is 3.10. The Bertz CT molecular complexity index is 701. The monoisotopic (exact) mass is 323 g/mol. The van der Waals surface area contributed by atoms with E-state index in [1.165, 1.54) is 16.7 Å². The second kappa shape index (κ2) is 6.12. The van der Waals surface area contributed by atoms with Crippen molar-refractivity contribution < 1.29 is 18.0 Å². The molecule has 3 nitrogen and oxygen atoms in total. The largest absolute Gasteiger partial charge is 0.463 e. The van der Waals surface area contributed by atoms with Gasteiger partial charge in [0.2, 0.25) is 5.91 Å². The molecule has 116 valence electrons. The maximum absolute atomic E-state index is 13.8. The normalized spacial score (nSPS) is 18.2. The summed E-state index contributed by atoms with van der Waals surface area (Å²) in [6.45, 7) is 2.01. The van der Waals surface area contributed by atoms with Crippen molar-refractivity contribution >= 4 is 17.7 Å². The molecule has 3 rings (SSSR count). The number of hydrogen-bond donors (Lipinski definition) is 0. The molecule has 1 fully saturated rings. The van der Waals surface area contributed by atoms with Crippen molar-refractivity contribution in [3.8, 4) is 0 Å². The van der Waals surface area contributed by atoms with Crippen LogP contribution in [0.15, 0.2) is 34.7 Å². The molecule has 1 aliphatic heterocycles. The second-order valence-electron chi connectivity index (χ2n) is 5.08. The van der Waals surface area contributed by atoms with E-state index in [1.807, 2.05) is 19.1 Å². The summed E-state index contributed by atoms with van der Waals surface area (Å²) in [5, 5.41) is -0.296. The molecule has 6 heteroatoms. The predicted octanol–water partition coefficient (Wildman–Crippen LogP) is 3.89. The van der Waals surface area contributed by atoms with Gasteiger partial charge in [-0.15, -0.1) is 11.8 Å². The molecule has 1 unspecified atom stereocenters. The Labute approximate surface area is 131 Å². The Balaban J connectivity index is 1.86. The highest BCUT2D eigenvalue weighted by molar-refractivity contribution is 8.00. The van der Waals surface area contributed by atoms with Gasteiger partial charge in [-0.05, 0) is 30.3 Å². The quantitative estimate of drug-likeness (QED) is 0.856. The number of halogens is 2. The molecular formula is C16H15F2NO2S. The van der Waals surface area contributed by atoms with Crippen LogP contribution in [0.3, 0.4) is 0 Å². The number of carbonyl (C=O) groups is 1. The molecule has 0 radical (unpaired) electrons. The zero-order valence-electron chi connectivity index (χ0n) is 12.0. The topological polar surface area (TPSA) is 33.5 Å². The first kappa shape index (κ1) is 15.1. The van der Waals surface area contributed by atoms with Gasteiger partial charge in [0.15, 0.2) is 0 Å². The van der Waals surface area contributed by atoms with Crippen LogP contribution in [0.25, 0.3) is 0 Å². The molecule has 22 heavy (non-hydrogen) atoms. The average molecular weight is 323 g/mol. The zero-order valence-corrected chi connectivity index (χ0v) is 12.8. The zero-order chi connectivity index (χ0) is 15.7. The summed E-state index contributed by atoms with van der Waals surface area (Å²) >= 11 is 1.43. The molecule has 1 atom stereocenters. The molecule has 2 heterocycles. The Hall–Kier alpha value is -1.82. The molecule has 1 aromatic carbocycles. The lowest BCUT2D eigenvalue weighted by Crippen LogP contribution is -2.28. The third-order valence-electron chi connectivity index (χ3n) is 3.59. The van der Waals surface area contributed by atoms with E-state index >= 15 is 0 Å². The van der Waals surface area contributed by atoms with Crippen LogP contribution in [0, 0.1) is 11.6 Å². The lowest BCUT2D eigenvalue weighted by Gasteiger charge is -2.22. The Kier molecular flexibility index (Phi) is 4.20. The third kappa shape index (κ3) is 2.88. The van der Waals surface area contributed by atoms with Crippen molar-refractivity contribution in [1.29, 1.82) is 0 Å². The van der Waals surface area contributed by atoms with Gasteiger partial charge in [-0.25, -0.2) is 8.78 Å². The second-order valence-corrected chi connectivity index (χ2v) is 6.15.